The zero-order valence-electron chi connectivity index (χ0n) is 17.9. The topological polar surface area (TPSA) is 48.0 Å². The van der Waals surface area contributed by atoms with Crippen LogP contribution in [0.25, 0.3) is 0 Å². The second-order valence-corrected chi connectivity index (χ2v) is 8.10. The predicted molar refractivity (Wildman–Crippen MR) is 119 cm³/mol. The minimum atomic E-state index is 0.0355. The summed E-state index contributed by atoms with van der Waals surface area (Å²) in [4.78, 5) is 13.5. The molecule has 0 bridgehead atoms. The number of fused-ring (bicyclic) bond motifs is 1. The summed E-state index contributed by atoms with van der Waals surface area (Å²) in [6, 6.07) is 11.1. The van der Waals surface area contributed by atoms with Gasteiger partial charge in [-0.3, -0.25) is 4.79 Å². The van der Waals surface area contributed by atoms with E-state index in [-0.39, 0.29) is 12.6 Å². The van der Waals surface area contributed by atoms with Crippen LogP contribution in [0.15, 0.2) is 36.4 Å². The molecule has 0 spiro atoms. The van der Waals surface area contributed by atoms with Crippen molar-refractivity contribution in [1.82, 2.24) is 4.90 Å². The van der Waals surface area contributed by atoms with E-state index in [0.717, 1.165) is 42.3 Å². The van der Waals surface area contributed by atoms with Gasteiger partial charge in [0.2, 0.25) is 6.79 Å². The average Bonchev–Trinajstić information content (AvgIpc) is 3.21. The minimum absolute atomic E-state index is 0.0355. The summed E-state index contributed by atoms with van der Waals surface area (Å²) >= 11 is 6.02. The quantitative estimate of drug-likeness (QED) is 0.583. The number of hydrogen-bond donors (Lipinski definition) is 0. The van der Waals surface area contributed by atoms with Gasteiger partial charge in [0.05, 0.1) is 0 Å². The van der Waals surface area contributed by atoms with Crippen LogP contribution in [0.1, 0.15) is 49.0 Å². The van der Waals surface area contributed by atoms with Crippen molar-refractivity contribution in [2.75, 3.05) is 26.4 Å². The molecule has 5 nitrogen and oxygen atoms in total. The average molecular weight is 432 g/mol. The molecule has 0 radical (unpaired) electrons. The molecule has 2 heterocycles. The number of aryl methyl sites for hydroxylation is 1. The zero-order valence-corrected chi connectivity index (χ0v) is 18.7. The molecule has 0 N–H and O–H groups in total. The molecule has 0 aliphatic carbocycles. The summed E-state index contributed by atoms with van der Waals surface area (Å²) in [5.41, 5.74) is 1.73. The van der Waals surface area contributed by atoms with Crippen LogP contribution in [0.5, 0.6) is 17.2 Å². The lowest BCUT2D eigenvalue weighted by Gasteiger charge is -2.31. The highest BCUT2D eigenvalue weighted by Crippen LogP contribution is 2.32. The fourth-order valence-corrected chi connectivity index (χ4v) is 3.68. The van der Waals surface area contributed by atoms with Gasteiger partial charge < -0.3 is 19.1 Å². The number of benzene rings is 2. The number of rotatable bonds is 5. The Balaban J connectivity index is 0.000000184. The molecule has 1 saturated heterocycles. The van der Waals surface area contributed by atoms with Gasteiger partial charge >= 0.3 is 0 Å². The molecule has 6 heteroatoms. The van der Waals surface area contributed by atoms with Crippen LogP contribution < -0.4 is 14.2 Å². The van der Waals surface area contributed by atoms with Gasteiger partial charge in [-0.25, -0.2) is 0 Å². The van der Waals surface area contributed by atoms with E-state index in [1.165, 1.54) is 19.9 Å². The molecule has 0 unspecified atom stereocenters. The highest BCUT2D eigenvalue weighted by atomic mass is 35.5. The zero-order chi connectivity index (χ0) is 21.5. The number of carbonyl (C=O) groups excluding carboxylic acids is 1. The first-order chi connectivity index (χ1) is 14.5. The van der Waals surface area contributed by atoms with Crippen molar-refractivity contribution in [2.45, 2.75) is 46.1 Å². The standard InChI is InChI=1S/C15H22ClNO.C9H8O3/c1-3-8-17-9-6-13(7-10-17)18-14-4-5-15(16)12(2)11-14;1-6(10)7-2-3-8-9(4-7)12-5-11-8/h4-5,11,13H,3,6-10H2,1-2H3;2-4H,5H2,1H3. The van der Waals surface area contributed by atoms with Gasteiger partial charge in [0.25, 0.3) is 0 Å². The van der Waals surface area contributed by atoms with E-state index in [9.17, 15) is 4.79 Å². The highest BCUT2D eigenvalue weighted by Gasteiger charge is 2.20. The number of likely N-dealkylation sites (tertiary alicyclic amines) is 1. The molecule has 2 aliphatic heterocycles. The normalized spacial score (nSPS) is 16.0. The lowest BCUT2D eigenvalue weighted by Crippen LogP contribution is -2.38. The third-order valence-corrected chi connectivity index (χ3v) is 5.71. The Morgan fingerprint density at radius 3 is 2.53 bits per heavy atom. The largest absolute Gasteiger partial charge is 0.490 e. The molecule has 2 aliphatic rings. The number of carbonyl (C=O) groups is 1. The lowest BCUT2D eigenvalue weighted by atomic mass is 10.1. The molecule has 0 atom stereocenters. The lowest BCUT2D eigenvalue weighted by molar-refractivity contribution is 0.100. The number of halogens is 1. The molecule has 2 aromatic rings. The molecule has 2 aromatic carbocycles. The van der Waals surface area contributed by atoms with Crippen LogP contribution >= 0.6 is 11.6 Å². The first kappa shape index (κ1) is 22.4. The van der Waals surface area contributed by atoms with Gasteiger partial charge in [-0.05, 0) is 81.6 Å². The third-order valence-electron chi connectivity index (χ3n) is 5.29. The van der Waals surface area contributed by atoms with Gasteiger partial charge in [-0.1, -0.05) is 18.5 Å². The molecular formula is C24H30ClNO4. The van der Waals surface area contributed by atoms with E-state index in [1.807, 2.05) is 25.1 Å². The monoisotopic (exact) mass is 431 g/mol. The number of ketones is 1. The van der Waals surface area contributed by atoms with Gasteiger partial charge in [0, 0.05) is 23.7 Å². The van der Waals surface area contributed by atoms with E-state index in [1.54, 1.807) is 18.2 Å². The van der Waals surface area contributed by atoms with Crippen LogP contribution in [-0.2, 0) is 0 Å². The first-order valence-corrected chi connectivity index (χ1v) is 10.9. The Hall–Kier alpha value is -2.24. The maximum Gasteiger partial charge on any atom is 0.231 e. The molecule has 0 amide bonds. The van der Waals surface area contributed by atoms with Crippen LogP contribution in [0.2, 0.25) is 5.02 Å². The Bertz CT molecular complexity index is 862. The summed E-state index contributed by atoms with van der Waals surface area (Å²) < 4.78 is 16.2. The van der Waals surface area contributed by atoms with E-state index in [0.29, 0.717) is 23.2 Å². The van der Waals surface area contributed by atoms with Crippen molar-refractivity contribution in [1.29, 1.82) is 0 Å². The number of nitrogens with zero attached hydrogens (tertiary/aromatic N) is 1. The molecule has 30 heavy (non-hydrogen) atoms. The summed E-state index contributed by atoms with van der Waals surface area (Å²) in [5.74, 6) is 2.35. The molecule has 162 valence electrons. The molecule has 1 fully saturated rings. The number of Topliss-reactive ketones (excluding diaryl/α,β-unsaturated/α-hetero) is 1. The van der Waals surface area contributed by atoms with Crippen molar-refractivity contribution in [3.05, 3.63) is 52.5 Å². The van der Waals surface area contributed by atoms with Crippen LogP contribution in [-0.4, -0.2) is 43.2 Å². The SMILES string of the molecule is CC(=O)c1ccc2c(c1)OCO2.CCCN1CCC(Oc2ccc(Cl)c(C)c2)CC1. The van der Waals surface area contributed by atoms with Crippen molar-refractivity contribution >= 4 is 17.4 Å². The van der Waals surface area contributed by atoms with Crippen molar-refractivity contribution in [2.24, 2.45) is 0 Å². The van der Waals surface area contributed by atoms with Crippen molar-refractivity contribution in [3.8, 4) is 17.2 Å². The Kier molecular flexibility index (Phi) is 8.00. The number of piperidine rings is 1. The van der Waals surface area contributed by atoms with E-state index in [4.69, 9.17) is 25.8 Å². The molecule has 0 saturated carbocycles. The Morgan fingerprint density at radius 1 is 1.13 bits per heavy atom. The minimum Gasteiger partial charge on any atom is -0.490 e. The molecular weight excluding hydrogens is 402 g/mol. The summed E-state index contributed by atoms with van der Waals surface area (Å²) in [5, 5.41) is 0.806. The van der Waals surface area contributed by atoms with Gasteiger partial charge in [0.1, 0.15) is 11.9 Å². The van der Waals surface area contributed by atoms with Gasteiger partial charge in [0.15, 0.2) is 17.3 Å². The number of ether oxygens (including phenoxy) is 3. The predicted octanol–water partition coefficient (Wildman–Crippen LogP) is 5.52. The van der Waals surface area contributed by atoms with Crippen LogP contribution in [0.3, 0.4) is 0 Å². The van der Waals surface area contributed by atoms with E-state index < -0.39 is 0 Å². The van der Waals surface area contributed by atoms with E-state index in [2.05, 4.69) is 11.8 Å². The maximum absolute atomic E-state index is 10.9. The fourth-order valence-electron chi connectivity index (χ4n) is 3.57. The second-order valence-electron chi connectivity index (χ2n) is 7.69. The maximum atomic E-state index is 10.9. The molecule has 4 rings (SSSR count). The smallest absolute Gasteiger partial charge is 0.231 e. The van der Waals surface area contributed by atoms with Crippen molar-refractivity contribution < 1.29 is 19.0 Å². The second kappa shape index (κ2) is 10.7. The first-order valence-electron chi connectivity index (χ1n) is 10.5. The summed E-state index contributed by atoms with van der Waals surface area (Å²) in [7, 11) is 0. The van der Waals surface area contributed by atoms with Gasteiger partial charge in [-0.2, -0.15) is 0 Å². The fraction of sp³-hybridized carbons (Fsp3) is 0.458. The Morgan fingerprint density at radius 2 is 1.87 bits per heavy atom. The summed E-state index contributed by atoms with van der Waals surface area (Å²) in [6.45, 7) is 9.55. The van der Waals surface area contributed by atoms with Crippen LogP contribution in [0.4, 0.5) is 0 Å². The molecule has 0 aromatic heterocycles. The van der Waals surface area contributed by atoms with Gasteiger partial charge in [-0.15, -0.1) is 0 Å². The van der Waals surface area contributed by atoms with Crippen LogP contribution in [0, 0.1) is 6.92 Å². The third kappa shape index (κ3) is 6.13. The van der Waals surface area contributed by atoms with Crippen molar-refractivity contribution in [3.63, 3.8) is 0 Å². The summed E-state index contributed by atoms with van der Waals surface area (Å²) in [6.07, 6.45) is 3.85. The highest BCUT2D eigenvalue weighted by molar-refractivity contribution is 6.31. The van der Waals surface area contributed by atoms with E-state index >= 15 is 0 Å². The Labute approximate surface area is 183 Å². The number of hydrogen-bond acceptors (Lipinski definition) is 5.